The van der Waals surface area contributed by atoms with Gasteiger partial charge in [0.05, 0.1) is 17.9 Å². The van der Waals surface area contributed by atoms with Crippen molar-refractivity contribution in [1.82, 2.24) is 24.5 Å². The van der Waals surface area contributed by atoms with Gasteiger partial charge in [0, 0.05) is 57.6 Å². The number of carbonyl (C=O) groups is 1. The third kappa shape index (κ3) is 2.62. The highest BCUT2D eigenvalue weighted by atomic mass is 16.2. The van der Waals surface area contributed by atoms with Crippen LogP contribution in [0.2, 0.25) is 0 Å². The average Bonchev–Trinajstić information content (AvgIpc) is 3.15. The number of hydrogen-bond acceptors (Lipinski definition) is 5. The first kappa shape index (κ1) is 15.1. The number of hydrogen-bond donors (Lipinski definition) is 0. The van der Waals surface area contributed by atoms with Gasteiger partial charge in [0.1, 0.15) is 0 Å². The maximum atomic E-state index is 12.0. The van der Waals surface area contributed by atoms with Crippen molar-refractivity contribution in [2.75, 3.05) is 24.5 Å². The van der Waals surface area contributed by atoms with Gasteiger partial charge in [0.2, 0.25) is 5.91 Å². The molecule has 0 saturated carbocycles. The van der Waals surface area contributed by atoms with Crippen molar-refractivity contribution in [3.05, 3.63) is 40.6 Å². The summed E-state index contributed by atoms with van der Waals surface area (Å²) in [6.07, 6.45) is 6.92. The molecule has 8 nitrogen and oxygen atoms in total. The highest BCUT2D eigenvalue weighted by Crippen LogP contribution is 2.26. The highest BCUT2D eigenvalue weighted by Gasteiger charge is 2.30. The van der Waals surface area contributed by atoms with E-state index in [9.17, 15) is 9.59 Å². The first-order valence-corrected chi connectivity index (χ1v) is 8.20. The number of amides is 1. The minimum absolute atomic E-state index is 0.0464. The molecule has 1 amide bonds. The van der Waals surface area contributed by atoms with Gasteiger partial charge in [-0.1, -0.05) is 0 Å². The van der Waals surface area contributed by atoms with Gasteiger partial charge < -0.3 is 4.90 Å². The third-order valence-corrected chi connectivity index (χ3v) is 4.76. The highest BCUT2D eigenvalue weighted by molar-refractivity contribution is 5.95. The van der Waals surface area contributed by atoms with E-state index in [0.29, 0.717) is 19.0 Å². The molecule has 0 aliphatic carbocycles. The number of likely N-dealkylation sites (tertiary alicyclic amines) is 1. The summed E-state index contributed by atoms with van der Waals surface area (Å²) >= 11 is 0. The van der Waals surface area contributed by atoms with Crippen molar-refractivity contribution in [1.29, 1.82) is 0 Å². The van der Waals surface area contributed by atoms with E-state index in [1.165, 1.54) is 4.68 Å². The van der Waals surface area contributed by atoms with Crippen LogP contribution in [0, 0.1) is 0 Å². The Morgan fingerprint density at radius 3 is 2.83 bits per heavy atom. The van der Waals surface area contributed by atoms with E-state index in [4.69, 9.17) is 0 Å². The Labute approximate surface area is 139 Å². The number of nitrogens with zero attached hydrogens (tertiary/aromatic N) is 6. The molecule has 0 aromatic carbocycles. The summed E-state index contributed by atoms with van der Waals surface area (Å²) in [6.45, 7) is 3.11. The molecule has 2 fully saturated rings. The van der Waals surface area contributed by atoms with Crippen LogP contribution in [0.5, 0.6) is 0 Å². The van der Waals surface area contributed by atoms with Crippen LogP contribution in [0.25, 0.3) is 0 Å². The Bertz CT molecular complexity index is 820. The smallest absolute Gasteiger partial charge is 0.270 e. The van der Waals surface area contributed by atoms with E-state index in [-0.39, 0.29) is 11.5 Å². The van der Waals surface area contributed by atoms with Crippen molar-refractivity contribution >= 4 is 11.6 Å². The molecule has 0 bridgehead atoms. The third-order valence-electron chi connectivity index (χ3n) is 4.76. The maximum absolute atomic E-state index is 12.0. The summed E-state index contributed by atoms with van der Waals surface area (Å²) in [4.78, 5) is 27.8. The zero-order valence-corrected chi connectivity index (χ0v) is 13.6. The molecule has 0 spiro atoms. The molecule has 24 heavy (non-hydrogen) atoms. The van der Waals surface area contributed by atoms with Gasteiger partial charge in [-0.05, 0) is 12.5 Å². The quantitative estimate of drug-likeness (QED) is 0.799. The van der Waals surface area contributed by atoms with Crippen LogP contribution in [0.3, 0.4) is 0 Å². The van der Waals surface area contributed by atoms with Crippen LogP contribution in [-0.2, 0) is 18.4 Å². The monoisotopic (exact) mass is 328 g/mol. The van der Waals surface area contributed by atoms with Crippen molar-refractivity contribution in [3.8, 4) is 0 Å². The lowest BCUT2D eigenvalue weighted by molar-refractivity contribution is -0.117. The molecular formula is C16H20N6O2. The molecule has 2 aliphatic heterocycles. The van der Waals surface area contributed by atoms with Crippen LogP contribution in [0.4, 0.5) is 5.69 Å². The Morgan fingerprint density at radius 2 is 2.08 bits per heavy atom. The Hall–Kier alpha value is -2.48. The Kier molecular flexibility index (Phi) is 3.68. The molecule has 0 radical (unpaired) electrons. The lowest BCUT2D eigenvalue weighted by Crippen LogP contribution is -2.48. The molecule has 0 atom stereocenters. The molecule has 2 aromatic heterocycles. The van der Waals surface area contributed by atoms with Gasteiger partial charge in [-0.2, -0.15) is 10.2 Å². The number of carbonyl (C=O) groups excluding carboxylic acids is 1. The molecule has 0 unspecified atom stereocenters. The summed E-state index contributed by atoms with van der Waals surface area (Å²) in [6, 6.07) is 2.07. The average molecular weight is 328 g/mol. The van der Waals surface area contributed by atoms with E-state index in [0.717, 1.165) is 37.3 Å². The lowest BCUT2D eigenvalue weighted by Gasteiger charge is -2.39. The number of aryl methyl sites for hydroxylation is 1. The van der Waals surface area contributed by atoms with Crippen molar-refractivity contribution in [2.24, 2.45) is 7.05 Å². The maximum Gasteiger partial charge on any atom is 0.270 e. The second-order valence-electron chi connectivity index (χ2n) is 6.46. The van der Waals surface area contributed by atoms with Crippen LogP contribution < -0.4 is 10.5 Å². The molecule has 0 N–H and O–H groups in total. The predicted molar refractivity (Wildman–Crippen MR) is 87.6 cm³/mol. The summed E-state index contributed by atoms with van der Waals surface area (Å²) in [7, 11) is 1.66. The molecule has 2 aliphatic rings. The number of rotatable bonds is 4. The van der Waals surface area contributed by atoms with Gasteiger partial charge in [-0.25, -0.2) is 4.68 Å². The zero-order chi connectivity index (χ0) is 16.7. The van der Waals surface area contributed by atoms with Crippen molar-refractivity contribution in [2.45, 2.75) is 25.4 Å². The fourth-order valence-corrected chi connectivity index (χ4v) is 3.34. The van der Waals surface area contributed by atoms with Gasteiger partial charge >= 0.3 is 0 Å². The molecule has 126 valence electrons. The minimum Gasteiger partial charge on any atom is -0.309 e. The molecule has 4 heterocycles. The molecule has 8 heteroatoms. The van der Waals surface area contributed by atoms with Gasteiger partial charge in [0.25, 0.3) is 5.56 Å². The van der Waals surface area contributed by atoms with Crippen LogP contribution in [0.15, 0.2) is 29.5 Å². The van der Waals surface area contributed by atoms with Gasteiger partial charge in [-0.3, -0.25) is 19.2 Å². The molecule has 2 aromatic rings. The summed E-state index contributed by atoms with van der Waals surface area (Å²) in [5.41, 5.74) is 1.60. The SMILES string of the molecule is Cn1nccc(CN2CC(n3cc(N4CCCC4=O)cn3)C2)c1=O. The topological polar surface area (TPSA) is 76.3 Å². The summed E-state index contributed by atoms with van der Waals surface area (Å²) < 4.78 is 3.29. The van der Waals surface area contributed by atoms with Gasteiger partial charge in [0.15, 0.2) is 0 Å². The van der Waals surface area contributed by atoms with Crippen LogP contribution in [0.1, 0.15) is 24.4 Å². The molecular weight excluding hydrogens is 308 g/mol. The first-order valence-electron chi connectivity index (χ1n) is 8.20. The number of anilines is 1. The standard InChI is InChI=1S/C16H20N6O2/c1-19-16(24)12(4-5-17-19)8-20-9-14(10-20)22-11-13(7-18-22)21-6-2-3-15(21)23/h4-5,7,11,14H,2-3,6,8-10H2,1H3. The van der Waals surface area contributed by atoms with E-state index in [1.807, 2.05) is 10.9 Å². The van der Waals surface area contributed by atoms with Crippen molar-refractivity contribution in [3.63, 3.8) is 0 Å². The normalized spacial score (nSPS) is 19.0. The Balaban J connectivity index is 1.38. The summed E-state index contributed by atoms with van der Waals surface area (Å²) in [5, 5.41) is 8.35. The van der Waals surface area contributed by atoms with E-state index >= 15 is 0 Å². The van der Waals surface area contributed by atoms with E-state index in [1.54, 1.807) is 30.4 Å². The summed E-state index contributed by atoms with van der Waals surface area (Å²) in [5.74, 6) is 0.179. The lowest BCUT2D eigenvalue weighted by atomic mass is 10.1. The first-order chi connectivity index (χ1) is 11.6. The minimum atomic E-state index is -0.0464. The van der Waals surface area contributed by atoms with E-state index < -0.39 is 0 Å². The second kappa shape index (κ2) is 5.86. The fraction of sp³-hybridized carbons (Fsp3) is 0.500. The fourth-order valence-electron chi connectivity index (χ4n) is 3.34. The van der Waals surface area contributed by atoms with Crippen LogP contribution in [-0.4, -0.2) is 50.0 Å². The zero-order valence-electron chi connectivity index (χ0n) is 13.6. The second-order valence-corrected chi connectivity index (χ2v) is 6.46. The van der Waals surface area contributed by atoms with Gasteiger partial charge in [-0.15, -0.1) is 0 Å². The Morgan fingerprint density at radius 1 is 1.25 bits per heavy atom. The molecule has 4 rings (SSSR count). The van der Waals surface area contributed by atoms with E-state index in [2.05, 4.69) is 15.1 Å². The largest absolute Gasteiger partial charge is 0.309 e. The van der Waals surface area contributed by atoms with Crippen molar-refractivity contribution < 1.29 is 4.79 Å². The predicted octanol–water partition coefficient (Wildman–Crippen LogP) is 0.161. The molecule has 2 saturated heterocycles. The number of aromatic nitrogens is 4. The van der Waals surface area contributed by atoms with Crippen LogP contribution >= 0.6 is 0 Å².